The third kappa shape index (κ3) is 6.65. The minimum absolute atomic E-state index is 0.238. The van der Waals surface area contributed by atoms with Crippen LogP contribution in [0.25, 0.3) is 0 Å². The van der Waals surface area contributed by atoms with Crippen molar-refractivity contribution in [1.82, 2.24) is 0 Å². The molecule has 0 saturated heterocycles. The van der Waals surface area contributed by atoms with Crippen molar-refractivity contribution >= 4 is 29.3 Å². The van der Waals surface area contributed by atoms with Crippen molar-refractivity contribution in [2.75, 3.05) is 18.2 Å². The van der Waals surface area contributed by atoms with Crippen molar-refractivity contribution in [3.8, 4) is 0 Å². The average Bonchev–Trinajstić information content (AvgIpc) is 2.52. The van der Waals surface area contributed by atoms with Crippen molar-refractivity contribution in [3.05, 3.63) is 29.3 Å². The fraction of sp³-hybridized carbons (Fsp3) is 0.556. The fourth-order valence-corrected chi connectivity index (χ4v) is 2.53. The minimum atomic E-state index is -0.324. The lowest BCUT2D eigenvalue weighted by atomic mass is 9.98. The third-order valence-electron chi connectivity index (χ3n) is 3.71. The van der Waals surface area contributed by atoms with Crippen LogP contribution in [-0.2, 0) is 14.3 Å². The predicted molar refractivity (Wildman–Crippen MR) is 97.1 cm³/mol. The number of hydrogen-bond acceptors (Lipinski definition) is 4. The smallest absolute Gasteiger partial charge is 0.306 e. The van der Waals surface area contributed by atoms with E-state index in [2.05, 4.69) is 26.1 Å². The first-order chi connectivity index (χ1) is 10.8. The summed E-state index contributed by atoms with van der Waals surface area (Å²) in [5.74, 6) is -0.317. The number of nitrogens with one attached hydrogen (secondary N) is 1. The molecular weight excluding hydrogens is 310 g/mol. The second kappa shape index (κ2) is 9.60. The maximum atomic E-state index is 12.0. The average molecular weight is 337 g/mol. The van der Waals surface area contributed by atoms with Crippen LogP contribution < -0.4 is 5.32 Å². The first-order valence-electron chi connectivity index (χ1n) is 7.93. The van der Waals surface area contributed by atoms with Gasteiger partial charge in [0.05, 0.1) is 0 Å². The van der Waals surface area contributed by atoms with Crippen molar-refractivity contribution in [2.24, 2.45) is 0 Å². The fourth-order valence-electron chi connectivity index (χ4n) is 2.18. The van der Waals surface area contributed by atoms with E-state index in [1.165, 1.54) is 0 Å². The number of hydrogen-bond donors (Lipinski definition) is 1. The van der Waals surface area contributed by atoms with E-state index in [-0.39, 0.29) is 18.5 Å². The van der Waals surface area contributed by atoms with E-state index >= 15 is 0 Å². The van der Waals surface area contributed by atoms with Crippen molar-refractivity contribution in [3.63, 3.8) is 0 Å². The van der Waals surface area contributed by atoms with E-state index in [9.17, 15) is 9.59 Å². The summed E-state index contributed by atoms with van der Waals surface area (Å²) in [6.45, 7) is 7.95. The zero-order chi connectivity index (χ0) is 17.4. The van der Waals surface area contributed by atoms with E-state index in [1.807, 2.05) is 31.4 Å². The first kappa shape index (κ1) is 19.6. The second-order valence-corrected chi connectivity index (χ2v) is 7.26. The molecule has 0 unspecified atom stereocenters. The molecule has 1 rings (SSSR count). The summed E-state index contributed by atoms with van der Waals surface area (Å²) in [7, 11) is 0. The van der Waals surface area contributed by atoms with E-state index in [0.717, 1.165) is 23.2 Å². The summed E-state index contributed by atoms with van der Waals surface area (Å²) in [5.41, 5.74) is 2.91. The number of esters is 1. The number of carbonyl (C=O) groups excluding carboxylic acids is 2. The maximum Gasteiger partial charge on any atom is 0.306 e. The zero-order valence-electron chi connectivity index (χ0n) is 14.6. The number of benzene rings is 1. The molecule has 0 bridgehead atoms. The monoisotopic (exact) mass is 337 g/mol. The molecule has 4 nitrogen and oxygen atoms in total. The summed E-state index contributed by atoms with van der Waals surface area (Å²) in [6, 6.07) is 5.94. The lowest BCUT2D eigenvalue weighted by Gasteiger charge is -2.16. The molecule has 1 aromatic rings. The van der Waals surface area contributed by atoms with Gasteiger partial charge < -0.3 is 10.1 Å². The lowest BCUT2D eigenvalue weighted by molar-refractivity contribution is -0.147. The number of para-hydroxylation sites is 1. The Morgan fingerprint density at radius 3 is 2.57 bits per heavy atom. The van der Waals surface area contributed by atoms with Crippen LogP contribution in [0.1, 0.15) is 50.7 Å². The highest BCUT2D eigenvalue weighted by Gasteiger charge is 2.14. The van der Waals surface area contributed by atoms with Gasteiger partial charge in [0.25, 0.3) is 5.91 Å². The van der Waals surface area contributed by atoms with Crippen LogP contribution in [0.5, 0.6) is 0 Å². The number of anilines is 1. The molecule has 0 aliphatic carbocycles. The molecule has 0 heterocycles. The molecule has 0 fully saturated rings. The molecule has 0 radical (unpaired) electrons. The molecule has 0 aromatic heterocycles. The number of thioether (sulfide) groups is 1. The predicted octanol–water partition coefficient (Wildman–Crippen LogP) is 4.13. The number of rotatable bonds is 8. The Balaban J connectivity index is 2.53. The van der Waals surface area contributed by atoms with Gasteiger partial charge in [0, 0.05) is 17.4 Å². The van der Waals surface area contributed by atoms with Crippen molar-refractivity contribution in [2.45, 2.75) is 51.7 Å². The van der Waals surface area contributed by atoms with Gasteiger partial charge in [-0.25, -0.2) is 0 Å². The Morgan fingerprint density at radius 2 is 1.96 bits per heavy atom. The summed E-state index contributed by atoms with van der Waals surface area (Å²) in [5, 5.41) is 3.29. The lowest BCUT2D eigenvalue weighted by Crippen LogP contribution is -2.22. The van der Waals surface area contributed by atoms with E-state index in [4.69, 9.17) is 4.74 Å². The Morgan fingerprint density at radius 1 is 1.26 bits per heavy atom. The van der Waals surface area contributed by atoms with Crippen LogP contribution in [0.2, 0.25) is 0 Å². The molecule has 1 amide bonds. The van der Waals surface area contributed by atoms with Gasteiger partial charge in [0.15, 0.2) is 6.61 Å². The number of aryl methyl sites for hydroxylation is 1. The van der Waals surface area contributed by atoms with E-state index < -0.39 is 0 Å². The molecule has 0 saturated carbocycles. The van der Waals surface area contributed by atoms with Gasteiger partial charge in [-0.2, -0.15) is 11.8 Å². The third-order valence-corrected chi connectivity index (χ3v) is 4.75. The van der Waals surface area contributed by atoms with Gasteiger partial charge in [-0.1, -0.05) is 39.0 Å². The summed E-state index contributed by atoms with van der Waals surface area (Å²) < 4.78 is 5.05. The molecule has 1 atom stereocenters. The van der Waals surface area contributed by atoms with Crippen LogP contribution in [0.3, 0.4) is 0 Å². The Hall–Kier alpha value is -1.49. The van der Waals surface area contributed by atoms with Crippen LogP contribution in [0.15, 0.2) is 18.2 Å². The summed E-state index contributed by atoms with van der Waals surface area (Å²) >= 11 is 1.71. The molecule has 1 N–H and O–H groups in total. The van der Waals surface area contributed by atoms with Gasteiger partial charge in [0.1, 0.15) is 0 Å². The van der Waals surface area contributed by atoms with Crippen LogP contribution >= 0.6 is 11.8 Å². The highest BCUT2D eigenvalue weighted by atomic mass is 32.2. The van der Waals surface area contributed by atoms with Gasteiger partial charge in [-0.3, -0.25) is 9.59 Å². The molecule has 23 heavy (non-hydrogen) atoms. The summed E-state index contributed by atoms with van der Waals surface area (Å²) in [6.07, 6.45) is 3.12. The molecule has 1 aromatic carbocycles. The molecule has 0 aliphatic rings. The highest BCUT2D eigenvalue weighted by Crippen LogP contribution is 2.27. The molecule has 5 heteroatoms. The van der Waals surface area contributed by atoms with Gasteiger partial charge in [-0.05, 0) is 36.6 Å². The van der Waals surface area contributed by atoms with Crippen LogP contribution in [0, 0.1) is 6.92 Å². The van der Waals surface area contributed by atoms with Crippen LogP contribution in [-0.4, -0.2) is 30.0 Å². The zero-order valence-corrected chi connectivity index (χ0v) is 15.5. The molecule has 128 valence electrons. The minimum Gasteiger partial charge on any atom is -0.456 e. The van der Waals surface area contributed by atoms with E-state index in [1.54, 1.807) is 11.8 Å². The second-order valence-electron chi connectivity index (χ2n) is 5.99. The molecule has 0 aliphatic heterocycles. The number of amides is 1. The highest BCUT2D eigenvalue weighted by molar-refractivity contribution is 7.99. The summed E-state index contributed by atoms with van der Waals surface area (Å²) in [4.78, 5) is 23.7. The maximum absolute atomic E-state index is 12.0. The van der Waals surface area contributed by atoms with Gasteiger partial charge in [0.2, 0.25) is 0 Å². The van der Waals surface area contributed by atoms with Crippen molar-refractivity contribution in [1.29, 1.82) is 0 Å². The molecular formula is C18H27NO3S. The van der Waals surface area contributed by atoms with Crippen molar-refractivity contribution < 1.29 is 14.3 Å². The SMILES string of the molecule is CS[C@H](C)CCC(=O)OCC(=O)Nc1c(C)cccc1C(C)C. The topological polar surface area (TPSA) is 55.4 Å². The number of carbonyl (C=O) groups is 2. The van der Waals surface area contributed by atoms with Gasteiger partial charge >= 0.3 is 5.97 Å². The standard InChI is InChI=1S/C18H27NO3S/c1-12(2)15-8-6-7-13(3)18(15)19-16(20)11-22-17(21)10-9-14(4)23-5/h6-8,12,14H,9-11H2,1-5H3,(H,19,20)/t14-/m1/s1. The Labute approximate surface area is 143 Å². The quantitative estimate of drug-likeness (QED) is 0.725. The van der Waals surface area contributed by atoms with Crippen LogP contribution in [0.4, 0.5) is 5.69 Å². The number of ether oxygens (including phenoxy) is 1. The Bertz CT molecular complexity index is 543. The van der Waals surface area contributed by atoms with E-state index in [0.29, 0.717) is 17.6 Å². The Kier molecular flexibility index (Phi) is 8.17. The normalized spacial score (nSPS) is 12.1. The molecule has 0 spiro atoms. The van der Waals surface area contributed by atoms with Gasteiger partial charge in [-0.15, -0.1) is 0 Å². The largest absolute Gasteiger partial charge is 0.456 e. The first-order valence-corrected chi connectivity index (χ1v) is 9.21.